The lowest BCUT2D eigenvalue weighted by molar-refractivity contribution is -0.130. The summed E-state index contributed by atoms with van der Waals surface area (Å²) in [6.45, 7) is 3.36. The Labute approximate surface area is 384 Å². The van der Waals surface area contributed by atoms with Gasteiger partial charge < -0.3 is 31.3 Å². The van der Waals surface area contributed by atoms with Gasteiger partial charge in [0.15, 0.2) is 0 Å². The molecule has 12 heteroatoms. The summed E-state index contributed by atoms with van der Waals surface area (Å²) >= 11 is 1.74. The predicted octanol–water partition coefficient (Wildman–Crippen LogP) is 7.11. The van der Waals surface area contributed by atoms with Gasteiger partial charge in [-0.2, -0.15) is 0 Å². The van der Waals surface area contributed by atoms with Crippen molar-refractivity contribution in [3.05, 3.63) is 203 Å². The number of hydrogen-bond acceptors (Lipinski definition) is 7. The van der Waals surface area contributed by atoms with Gasteiger partial charge in [0.25, 0.3) is 0 Å². The second-order valence-electron chi connectivity index (χ2n) is 16.4. The molecule has 65 heavy (non-hydrogen) atoms. The maximum Gasteiger partial charge on any atom is 0.407 e. The monoisotopic (exact) mass is 887 g/mol. The van der Waals surface area contributed by atoms with Gasteiger partial charge in [-0.05, 0) is 58.4 Å². The third kappa shape index (κ3) is 11.7. The summed E-state index contributed by atoms with van der Waals surface area (Å²) < 4.78 is 4.41. The number of amides is 5. The molecule has 1 atom stereocenters. The van der Waals surface area contributed by atoms with Gasteiger partial charge in [-0.3, -0.25) is 19.2 Å². The Hall–Kier alpha value is -7.18. The average Bonchev–Trinajstić information content (AvgIpc) is 3.66. The molecule has 0 saturated carbocycles. The highest BCUT2D eigenvalue weighted by Gasteiger charge is 2.42. The summed E-state index contributed by atoms with van der Waals surface area (Å²) in [7, 11) is 0. The second kappa shape index (κ2) is 21.5. The Kier molecular flexibility index (Phi) is 15.1. The molecule has 0 bridgehead atoms. The lowest BCUT2D eigenvalue weighted by Crippen LogP contribution is -2.52. The second-order valence-corrected chi connectivity index (χ2v) is 18.3. The molecule has 6 aromatic carbocycles. The van der Waals surface area contributed by atoms with Crippen LogP contribution in [0.3, 0.4) is 0 Å². The van der Waals surface area contributed by atoms with Crippen LogP contribution in [-0.2, 0) is 35.1 Å². The van der Waals surface area contributed by atoms with Crippen LogP contribution in [0.5, 0.6) is 0 Å². The molecule has 0 radical (unpaired) electrons. The van der Waals surface area contributed by atoms with Gasteiger partial charge >= 0.3 is 6.09 Å². The van der Waals surface area contributed by atoms with Gasteiger partial charge in [-0.1, -0.05) is 170 Å². The molecule has 1 aliphatic carbocycles. The minimum atomic E-state index is -1.05. The number of thioether (sulfide) groups is 1. The van der Waals surface area contributed by atoms with E-state index >= 15 is 0 Å². The summed E-state index contributed by atoms with van der Waals surface area (Å²) in [6.07, 6.45) is -0.626. The first kappa shape index (κ1) is 45.8. The maximum absolute atomic E-state index is 13.6. The SMILES string of the molecule is CC(C)(CNC(=O)CNC(=O)[C@H](Cc1ccccc1)NC(=O)CNC(=O)CNC(=O)OCC1c2ccccc2-c2ccccc21)SC(c1ccccc1)(c1ccccc1)c1ccccc1. The van der Waals surface area contributed by atoms with E-state index in [4.69, 9.17) is 4.74 Å². The highest BCUT2D eigenvalue weighted by Crippen LogP contribution is 2.53. The first-order valence-corrected chi connectivity index (χ1v) is 22.4. The first-order chi connectivity index (χ1) is 31.5. The van der Waals surface area contributed by atoms with Crippen LogP contribution in [0.25, 0.3) is 11.1 Å². The third-order valence-corrected chi connectivity index (χ3v) is 12.9. The van der Waals surface area contributed by atoms with Crippen molar-refractivity contribution in [2.24, 2.45) is 0 Å². The van der Waals surface area contributed by atoms with Crippen LogP contribution >= 0.6 is 11.8 Å². The van der Waals surface area contributed by atoms with Crippen LogP contribution in [0, 0.1) is 0 Å². The Morgan fingerprint density at radius 3 is 1.52 bits per heavy atom. The van der Waals surface area contributed by atoms with E-state index in [0.717, 1.165) is 44.5 Å². The van der Waals surface area contributed by atoms with E-state index in [1.807, 2.05) is 133 Å². The number of nitrogens with one attached hydrogen (secondary N) is 5. The molecular formula is C53H53N5O6S. The molecule has 332 valence electrons. The number of carbonyl (C=O) groups is 5. The van der Waals surface area contributed by atoms with Crippen molar-refractivity contribution < 1.29 is 28.7 Å². The predicted molar refractivity (Wildman–Crippen MR) is 255 cm³/mol. The molecule has 0 heterocycles. The minimum Gasteiger partial charge on any atom is -0.449 e. The summed E-state index contributed by atoms with van der Waals surface area (Å²) in [5.41, 5.74) is 8.42. The van der Waals surface area contributed by atoms with Crippen LogP contribution in [0.2, 0.25) is 0 Å². The van der Waals surface area contributed by atoms with E-state index in [2.05, 4.69) is 76.8 Å². The van der Waals surface area contributed by atoms with E-state index in [1.165, 1.54) is 0 Å². The number of alkyl carbamates (subject to hydrolysis) is 1. The zero-order valence-corrected chi connectivity index (χ0v) is 37.2. The summed E-state index contributed by atoms with van der Waals surface area (Å²) in [5, 5.41) is 13.3. The number of rotatable bonds is 19. The maximum atomic E-state index is 13.6. The highest BCUT2D eigenvalue weighted by atomic mass is 32.2. The molecule has 7 rings (SSSR count). The van der Waals surface area contributed by atoms with Gasteiger partial charge in [0, 0.05) is 23.6 Å². The Bertz CT molecular complexity index is 2430. The fourth-order valence-corrected chi connectivity index (χ4v) is 9.89. The quantitative estimate of drug-likeness (QED) is 0.0544. The first-order valence-electron chi connectivity index (χ1n) is 21.6. The van der Waals surface area contributed by atoms with Crippen molar-refractivity contribution in [3.8, 4) is 11.1 Å². The fourth-order valence-electron chi connectivity index (χ4n) is 8.16. The Morgan fingerprint density at radius 2 is 0.985 bits per heavy atom. The molecule has 5 N–H and O–H groups in total. The number of benzene rings is 6. The summed E-state index contributed by atoms with van der Waals surface area (Å²) in [4.78, 5) is 65.3. The summed E-state index contributed by atoms with van der Waals surface area (Å²) in [6, 6.07) is 55.0. The van der Waals surface area contributed by atoms with Crippen LogP contribution in [-0.4, -0.2) is 73.3 Å². The largest absolute Gasteiger partial charge is 0.449 e. The van der Waals surface area contributed by atoms with Crippen molar-refractivity contribution in [1.29, 1.82) is 0 Å². The normalized spacial score (nSPS) is 12.5. The molecule has 6 aromatic rings. The van der Waals surface area contributed by atoms with Crippen molar-refractivity contribution >= 4 is 41.5 Å². The minimum absolute atomic E-state index is 0.0896. The molecule has 1 aliphatic rings. The topological polar surface area (TPSA) is 155 Å². The molecule has 0 fully saturated rings. The van der Waals surface area contributed by atoms with Crippen LogP contribution in [0.1, 0.15) is 53.1 Å². The highest BCUT2D eigenvalue weighted by molar-refractivity contribution is 8.02. The molecule has 5 amide bonds. The number of hydrogen-bond donors (Lipinski definition) is 5. The van der Waals surface area contributed by atoms with Gasteiger partial charge in [-0.25, -0.2) is 4.79 Å². The summed E-state index contributed by atoms with van der Waals surface area (Å²) in [5.74, 6) is -2.34. The molecule has 0 spiro atoms. The standard InChI is InChI=1S/C53H53N5O6S/c1-52(2,65-53(38-21-9-4-10-22-38,39-23-11-5-12-24-39)40-25-13-6-14-26-40)36-57-48(60)32-55-50(62)46(31-37-19-7-3-8-20-37)58-49(61)34-54-47(59)33-56-51(63)64-35-45-43-29-17-15-27-41(43)42-28-16-18-30-44(42)45/h3-30,45-46H,31-36H2,1-2H3,(H,54,59)(H,55,62)(H,56,63)(H,57,60)(H,58,61)/t46-/m0/s1. The van der Waals surface area contributed by atoms with Gasteiger partial charge in [-0.15, -0.1) is 11.8 Å². The van der Waals surface area contributed by atoms with Gasteiger partial charge in [0.2, 0.25) is 23.6 Å². The molecule has 0 aromatic heterocycles. The zero-order valence-electron chi connectivity index (χ0n) is 36.4. The fraction of sp³-hybridized carbons (Fsp3) is 0.226. The van der Waals surface area contributed by atoms with Crippen LogP contribution < -0.4 is 26.6 Å². The molecule has 0 saturated heterocycles. The van der Waals surface area contributed by atoms with Crippen molar-refractivity contribution in [2.45, 2.75) is 41.7 Å². The van der Waals surface area contributed by atoms with E-state index < -0.39 is 58.3 Å². The van der Waals surface area contributed by atoms with E-state index in [0.29, 0.717) is 6.54 Å². The smallest absolute Gasteiger partial charge is 0.407 e. The van der Waals surface area contributed by atoms with Crippen molar-refractivity contribution in [3.63, 3.8) is 0 Å². The van der Waals surface area contributed by atoms with Gasteiger partial charge in [0.05, 0.1) is 17.8 Å². The lowest BCUT2D eigenvalue weighted by Gasteiger charge is -2.41. The third-order valence-electron chi connectivity index (χ3n) is 11.2. The lowest BCUT2D eigenvalue weighted by atomic mass is 9.84. The average molecular weight is 888 g/mol. The Morgan fingerprint density at radius 1 is 0.538 bits per heavy atom. The zero-order chi connectivity index (χ0) is 45.7. The van der Waals surface area contributed by atoms with E-state index in [9.17, 15) is 24.0 Å². The van der Waals surface area contributed by atoms with E-state index in [-0.39, 0.29) is 25.5 Å². The molecular weight excluding hydrogens is 835 g/mol. The molecule has 11 nitrogen and oxygen atoms in total. The van der Waals surface area contributed by atoms with E-state index in [1.54, 1.807) is 11.8 Å². The van der Waals surface area contributed by atoms with Gasteiger partial charge in [0.1, 0.15) is 19.2 Å². The number of fused-ring (bicyclic) bond motifs is 3. The van der Waals surface area contributed by atoms with Crippen LogP contribution in [0.15, 0.2) is 170 Å². The molecule has 0 unspecified atom stereocenters. The molecule has 0 aliphatic heterocycles. The Balaban J connectivity index is 0.902. The number of carbonyl (C=O) groups excluding carboxylic acids is 5. The van der Waals surface area contributed by atoms with Crippen LogP contribution in [0.4, 0.5) is 4.79 Å². The van der Waals surface area contributed by atoms with Crippen molar-refractivity contribution in [2.75, 3.05) is 32.8 Å². The number of ether oxygens (including phenoxy) is 1. The van der Waals surface area contributed by atoms with Crippen molar-refractivity contribution in [1.82, 2.24) is 26.6 Å².